The maximum absolute atomic E-state index is 14.7. The lowest BCUT2D eigenvalue weighted by molar-refractivity contribution is -0.146. The van der Waals surface area contributed by atoms with Gasteiger partial charge in [-0.05, 0) is 101 Å². The number of anilines is 1. The molecular formula is C35H45N3O6. The van der Waals surface area contributed by atoms with Gasteiger partial charge in [-0.25, -0.2) is 4.79 Å². The highest BCUT2D eigenvalue weighted by molar-refractivity contribution is 5.99. The second kappa shape index (κ2) is 14.3. The number of nitrogens with one attached hydrogen (secondary N) is 2. The van der Waals surface area contributed by atoms with E-state index in [9.17, 15) is 19.5 Å². The number of methoxy groups -OCH3 is 1. The molecule has 0 fully saturated rings. The average molecular weight is 604 g/mol. The van der Waals surface area contributed by atoms with E-state index in [4.69, 9.17) is 9.47 Å². The fourth-order valence-corrected chi connectivity index (χ4v) is 4.77. The highest BCUT2D eigenvalue weighted by atomic mass is 16.6. The summed E-state index contributed by atoms with van der Waals surface area (Å²) in [5.41, 5.74) is 1.32. The van der Waals surface area contributed by atoms with Crippen LogP contribution in [0.2, 0.25) is 0 Å². The summed E-state index contributed by atoms with van der Waals surface area (Å²) in [6.45, 7) is 12.8. The molecule has 3 aromatic rings. The molecule has 9 nitrogen and oxygen atoms in total. The summed E-state index contributed by atoms with van der Waals surface area (Å²) in [6.07, 6.45) is 0.168. The molecule has 0 aromatic heterocycles. The van der Waals surface area contributed by atoms with Crippen LogP contribution in [0.4, 0.5) is 10.5 Å². The van der Waals surface area contributed by atoms with E-state index in [2.05, 4.69) is 10.6 Å². The van der Waals surface area contributed by atoms with Crippen LogP contribution in [-0.4, -0.2) is 52.2 Å². The van der Waals surface area contributed by atoms with E-state index in [1.165, 1.54) is 17.0 Å². The predicted octanol–water partition coefficient (Wildman–Crippen LogP) is 6.41. The summed E-state index contributed by atoms with van der Waals surface area (Å²) in [4.78, 5) is 43.3. The Morgan fingerprint density at radius 2 is 1.41 bits per heavy atom. The molecule has 2 unspecified atom stereocenters. The first kappa shape index (κ1) is 34.0. The smallest absolute Gasteiger partial charge is 0.408 e. The number of aryl methyl sites for hydroxylation is 1. The molecule has 0 aliphatic heterocycles. The van der Waals surface area contributed by atoms with Gasteiger partial charge in [-0.15, -0.1) is 0 Å². The fourth-order valence-electron chi connectivity index (χ4n) is 4.77. The van der Waals surface area contributed by atoms with Gasteiger partial charge in [0, 0.05) is 17.6 Å². The van der Waals surface area contributed by atoms with E-state index in [1.54, 1.807) is 64.3 Å². The van der Waals surface area contributed by atoms with Crippen LogP contribution in [-0.2, 0) is 27.2 Å². The minimum Gasteiger partial charge on any atom is -0.508 e. The van der Waals surface area contributed by atoms with E-state index >= 15 is 0 Å². The third kappa shape index (κ3) is 9.49. The Labute approximate surface area is 260 Å². The monoisotopic (exact) mass is 603 g/mol. The first-order valence-corrected chi connectivity index (χ1v) is 14.8. The van der Waals surface area contributed by atoms with E-state index in [-0.39, 0.29) is 12.2 Å². The van der Waals surface area contributed by atoms with E-state index in [1.807, 2.05) is 52.0 Å². The molecule has 9 heteroatoms. The van der Waals surface area contributed by atoms with Crippen LogP contribution in [0.5, 0.6) is 11.5 Å². The number of phenols is 1. The summed E-state index contributed by atoms with van der Waals surface area (Å²) < 4.78 is 10.8. The summed E-state index contributed by atoms with van der Waals surface area (Å²) >= 11 is 0. The van der Waals surface area contributed by atoms with Gasteiger partial charge >= 0.3 is 6.09 Å². The van der Waals surface area contributed by atoms with Gasteiger partial charge in [-0.3, -0.25) is 9.59 Å². The van der Waals surface area contributed by atoms with E-state index in [0.29, 0.717) is 22.6 Å². The highest BCUT2D eigenvalue weighted by Crippen LogP contribution is 2.32. The number of nitrogens with zero attached hydrogens (tertiary/aromatic N) is 1. The zero-order valence-electron chi connectivity index (χ0n) is 26.9. The lowest BCUT2D eigenvalue weighted by Crippen LogP contribution is -2.58. The zero-order valence-corrected chi connectivity index (χ0v) is 26.9. The van der Waals surface area contributed by atoms with Crippen molar-refractivity contribution in [1.29, 1.82) is 0 Å². The zero-order chi connectivity index (χ0) is 32.7. The quantitative estimate of drug-likeness (QED) is 0.247. The van der Waals surface area contributed by atoms with Gasteiger partial charge in [-0.2, -0.15) is 0 Å². The van der Waals surface area contributed by atoms with Crippen molar-refractivity contribution in [2.75, 3.05) is 12.4 Å². The van der Waals surface area contributed by atoms with Crippen molar-refractivity contribution in [3.63, 3.8) is 0 Å². The Balaban J connectivity index is 2.10. The molecule has 3 aromatic carbocycles. The number of benzene rings is 3. The first-order valence-electron chi connectivity index (χ1n) is 14.8. The van der Waals surface area contributed by atoms with Gasteiger partial charge in [0.15, 0.2) is 0 Å². The van der Waals surface area contributed by atoms with Crippen LogP contribution in [0.15, 0.2) is 72.8 Å². The Morgan fingerprint density at radius 1 is 0.841 bits per heavy atom. The van der Waals surface area contributed by atoms with Crippen molar-refractivity contribution in [2.45, 2.75) is 84.5 Å². The van der Waals surface area contributed by atoms with Gasteiger partial charge in [0.25, 0.3) is 5.91 Å². The molecule has 0 heterocycles. The summed E-state index contributed by atoms with van der Waals surface area (Å²) in [6, 6.07) is 18.8. The first-order chi connectivity index (χ1) is 20.6. The summed E-state index contributed by atoms with van der Waals surface area (Å²) in [5, 5.41) is 15.5. The molecule has 0 saturated heterocycles. The summed E-state index contributed by atoms with van der Waals surface area (Å²) in [5.74, 6) is -0.153. The van der Waals surface area contributed by atoms with Crippen LogP contribution in [0.25, 0.3) is 0 Å². The van der Waals surface area contributed by atoms with E-state index < -0.39 is 41.1 Å². The molecule has 0 aliphatic rings. The molecular weight excluding hydrogens is 558 g/mol. The van der Waals surface area contributed by atoms with Crippen molar-refractivity contribution in [3.05, 3.63) is 89.5 Å². The van der Waals surface area contributed by atoms with Gasteiger partial charge in [0.05, 0.1) is 7.11 Å². The number of ether oxygens (including phenoxy) is 2. The Hall–Kier alpha value is -4.53. The maximum Gasteiger partial charge on any atom is 0.408 e. The average Bonchev–Trinajstić information content (AvgIpc) is 2.95. The Kier molecular flexibility index (Phi) is 11.0. The van der Waals surface area contributed by atoms with Gasteiger partial charge in [0.2, 0.25) is 5.91 Å². The fraction of sp³-hybridized carbons (Fsp3) is 0.400. The second-order valence-electron chi connectivity index (χ2n) is 12.7. The molecule has 3 rings (SSSR count). The van der Waals surface area contributed by atoms with Gasteiger partial charge < -0.3 is 30.1 Å². The van der Waals surface area contributed by atoms with E-state index in [0.717, 1.165) is 12.0 Å². The number of phenolic OH excluding ortho intramolecular Hbond substituents is 1. The number of carbonyl (C=O) groups excluding carboxylic acids is 3. The molecule has 2 atom stereocenters. The SMILES string of the molecule is CCc1ccc(C(C(=O)Nc2ccc(OC)cc2)N(C(=O)C(Cc2ccc(O)cc2)NC(=O)OC(C)(C)C)C(C)(C)C)cc1. The molecule has 44 heavy (non-hydrogen) atoms. The molecule has 0 radical (unpaired) electrons. The number of aromatic hydroxyl groups is 1. The maximum atomic E-state index is 14.7. The predicted molar refractivity (Wildman–Crippen MR) is 172 cm³/mol. The molecule has 0 bridgehead atoms. The largest absolute Gasteiger partial charge is 0.508 e. The molecule has 0 saturated carbocycles. The van der Waals surface area contributed by atoms with Crippen molar-refractivity contribution in [1.82, 2.24) is 10.2 Å². The highest BCUT2D eigenvalue weighted by Gasteiger charge is 2.42. The van der Waals surface area contributed by atoms with Crippen molar-refractivity contribution in [3.8, 4) is 11.5 Å². The molecule has 0 spiro atoms. The number of hydrogen-bond acceptors (Lipinski definition) is 6. The lowest BCUT2D eigenvalue weighted by Gasteiger charge is -2.43. The molecule has 0 aliphatic carbocycles. The van der Waals surface area contributed by atoms with Crippen LogP contribution in [0.1, 0.15) is 71.2 Å². The van der Waals surface area contributed by atoms with Gasteiger partial charge in [-0.1, -0.05) is 43.3 Å². The standard InChI is InChI=1S/C35H45N3O6/c1-9-23-10-14-25(15-11-23)30(31(40)36-26-16-20-28(43-8)21-17-26)38(34(2,3)4)32(41)29(37-33(42)44-35(5,6)7)22-24-12-18-27(39)19-13-24/h10-21,29-30,39H,9,22H2,1-8H3,(H,36,40)(H,37,42). The van der Waals surface area contributed by atoms with Crippen LogP contribution in [0, 0.1) is 0 Å². The van der Waals surface area contributed by atoms with Crippen molar-refractivity contribution >= 4 is 23.6 Å². The number of carbonyl (C=O) groups is 3. The minimum atomic E-state index is -1.08. The third-order valence-electron chi connectivity index (χ3n) is 6.89. The third-order valence-corrected chi connectivity index (χ3v) is 6.89. The van der Waals surface area contributed by atoms with Gasteiger partial charge in [0.1, 0.15) is 29.2 Å². The minimum absolute atomic E-state index is 0.0823. The van der Waals surface area contributed by atoms with Crippen molar-refractivity contribution in [2.24, 2.45) is 0 Å². The normalized spacial score (nSPS) is 12.9. The van der Waals surface area contributed by atoms with Crippen molar-refractivity contribution < 1.29 is 29.0 Å². The van der Waals surface area contributed by atoms with Crippen LogP contribution in [0.3, 0.4) is 0 Å². The molecule has 3 N–H and O–H groups in total. The summed E-state index contributed by atoms with van der Waals surface area (Å²) in [7, 11) is 1.57. The number of hydrogen-bond donors (Lipinski definition) is 3. The lowest BCUT2D eigenvalue weighted by atomic mass is 9.93. The van der Waals surface area contributed by atoms with Crippen LogP contribution >= 0.6 is 0 Å². The second-order valence-corrected chi connectivity index (χ2v) is 12.7. The molecule has 3 amide bonds. The number of rotatable bonds is 10. The van der Waals surface area contributed by atoms with Crippen LogP contribution < -0.4 is 15.4 Å². The molecule has 236 valence electrons. The topological polar surface area (TPSA) is 117 Å². The Morgan fingerprint density at radius 3 is 1.91 bits per heavy atom. The number of alkyl carbamates (subject to hydrolysis) is 1. The number of amides is 3. The Bertz CT molecular complexity index is 1410.